The molecule has 2 unspecified atom stereocenters. The molecule has 2 aromatic rings. The smallest absolute Gasteiger partial charge is 0.119 e. The normalized spacial score (nSPS) is 23.9. The van der Waals surface area contributed by atoms with Gasteiger partial charge in [-0.05, 0) is 68.3 Å². The molecule has 0 spiro atoms. The van der Waals surface area contributed by atoms with E-state index >= 15 is 0 Å². The van der Waals surface area contributed by atoms with Crippen molar-refractivity contribution in [1.29, 1.82) is 0 Å². The summed E-state index contributed by atoms with van der Waals surface area (Å²) in [4.78, 5) is 2.16. The molecule has 1 N–H and O–H groups in total. The van der Waals surface area contributed by atoms with Crippen molar-refractivity contribution in [3.05, 3.63) is 70.3 Å². The van der Waals surface area contributed by atoms with Gasteiger partial charge in [0.1, 0.15) is 5.75 Å². The van der Waals surface area contributed by atoms with E-state index in [4.69, 9.17) is 16.3 Å². The van der Waals surface area contributed by atoms with Crippen molar-refractivity contribution in [3.8, 4) is 5.75 Å². The van der Waals surface area contributed by atoms with E-state index in [2.05, 4.69) is 31.1 Å². The summed E-state index contributed by atoms with van der Waals surface area (Å²) < 4.78 is 5.37. The number of halogens is 1. The maximum Gasteiger partial charge on any atom is 0.119 e. The zero-order valence-electron chi connectivity index (χ0n) is 17.0. The molecule has 0 aliphatic heterocycles. The standard InChI is InChI=1S/C24H30ClNO2/c1-26(2)17-21-11-7-10-20(14-18-8-6-12-22(15-18)28-3)24(21,27)16-19-9-4-5-13-23(19)25/h4-6,8-9,12-15,21,27H,7,10-11,16-17H2,1-3H3/b20-14+. The number of ether oxygens (including phenoxy) is 1. The van der Waals surface area contributed by atoms with Gasteiger partial charge < -0.3 is 14.7 Å². The molecule has 0 heterocycles. The van der Waals surface area contributed by atoms with E-state index < -0.39 is 5.60 Å². The summed E-state index contributed by atoms with van der Waals surface area (Å²) >= 11 is 6.45. The number of methoxy groups -OCH3 is 1. The molecule has 1 aliphatic carbocycles. The summed E-state index contributed by atoms with van der Waals surface area (Å²) in [5.41, 5.74) is 2.21. The molecule has 2 atom stereocenters. The van der Waals surface area contributed by atoms with Gasteiger partial charge in [0.05, 0.1) is 12.7 Å². The highest BCUT2D eigenvalue weighted by molar-refractivity contribution is 6.31. The Balaban J connectivity index is 2.02. The first-order valence-corrected chi connectivity index (χ1v) is 10.3. The topological polar surface area (TPSA) is 32.7 Å². The molecular formula is C24H30ClNO2. The van der Waals surface area contributed by atoms with Crippen LogP contribution >= 0.6 is 11.6 Å². The van der Waals surface area contributed by atoms with Gasteiger partial charge in [0.25, 0.3) is 0 Å². The molecule has 0 bridgehead atoms. The molecule has 0 amide bonds. The van der Waals surface area contributed by atoms with Crippen LogP contribution in [0.5, 0.6) is 5.75 Å². The third-order valence-corrected chi connectivity index (χ3v) is 6.04. The summed E-state index contributed by atoms with van der Waals surface area (Å²) in [6, 6.07) is 15.8. The van der Waals surface area contributed by atoms with E-state index in [-0.39, 0.29) is 5.92 Å². The number of benzene rings is 2. The lowest BCUT2D eigenvalue weighted by atomic mass is 9.68. The van der Waals surface area contributed by atoms with Crippen LogP contribution in [-0.2, 0) is 6.42 Å². The van der Waals surface area contributed by atoms with Crippen LogP contribution in [0, 0.1) is 5.92 Å². The predicted molar refractivity (Wildman–Crippen MR) is 117 cm³/mol. The van der Waals surface area contributed by atoms with Crippen molar-refractivity contribution in [2.45, 2.75) is 31.3 Å². The SMILES string of the molecule is COc1cccc(/C=C2\CCCC(CN(C)C)C2(O)Cc2ccccc2Cl)c1. The zero-order chi connectivity index (χ0) is 20.1. The fraction of sp³-hybridized carbons (Fsp3) is 0.417. The van der Waals surface area contributed by atoms with Crippen LogP contribution in [0.25, 0.3) is 6.08 Å². The molecule has 150 valence electrons. The Kier molecular flexibility index (Phi) is 6.82. The Morgan fingerprint density at radius 3 is 2.71 bits per heavy atom. The molecule has 3 rings (SSSR count). The maximum absolute atomic E-state index is 12.0. The summed E-state index contributed by atoms with van der Waals surface area (Å²) in [6.07, 6.45) is 5.65. The molecule has 28 heavy (non-hydrogen) atoms. The van der Waals surface area contributed by atoms with E-state index in [1.165, 1.54) is 0 Å². The van der Waals surface area contributed by atoms with Crippen LogP contribution in [0.15, 0.2) is 54.1 Å². The lowest BCUT2D eigenvalue weighted by Gasteiger charge is -2.44. The third kappa shape index (κ3) is 4.78. The second-order valence-electron chi connectivity index (χ2n) is 7.99. The van der Waals surface area contributed by atoms with Gasteiger partial charge in [0, 0.05) is 23.9 Å². The first kappa shape index (κ1) is 20.9. The minimum Gasteiger partial charge on any atom is -0.497 e. The van der Waals surface area contributed by atoms with Gasteiger partial charge in [0.15, 0.2) is 0 Å². The van der Waals surface area contributed by atoms with Crippen molar-refractivity contribution in [2.75, 3.05) is 27.7 Å². The lowest BCUT2D eigenvalue weighted by molar-refractivity contribution is -0.0123. The van der Waals surface area contributed by atoms with Crippen LogP contribution in [0.3, 0.4) is 0 Å². The van der Waals surface area contributed by atoms with Crippen LogP contribution in [0.2, 0.25) is 5.02 Å². The lowest BCUT2D eigenvalue weighted by Crippen LogP contribution is -2.48. The summed E-state index contributed by atoms with van der Waals surface area (Å²) in [7, 11) is 5.81. The molecule has 0 saturated heterocycles. The number of hydrogen-bond acceptors (Lipinski definition) is 3. The van der Waals surface area contributed by atoms with Gasteiger partial charge in [-0.2, -0.15) is 0 Å². The van der Waals surface area contributed by atoms with Gasteiger partial charge in [-0.1, -0.05) is 48.0 Å². The van der Waals surface area contributed by atoms with E-state index in [9.17, 15) is 5.11 Å². The van der Waals surface area contributed by atoms with Gasteiger partial charge in [-0.25, -0.2) is 0 Å². The number of rotatable bonds is 6. The molecule has 1 saturated carbocycles. The monoisotopic (exact) mass is 399 g/mol. The average molecular weight is 400 g/mol. The fourth-order valence-electron chi connectivity index (χ4n) is 4.26. The van der Waals surface area contributed by atoms with Gasteiger partial charge >= 0.3 is 0 Å². The average Bonchev–Trinajstić information content (AvgIpc) is 2.67. The zero-order valence-corrected chi connectivity index (χ0v) is 17.7. The fourth-order valence-corrected chi connectivity index (χ4v) is 4.46. The molecule has 3 nitrogen and oxygen atoms in total. The van der Waals surface area contributed by atoms with E-state index in [0.717, 1.165) is 48.3 Å². The van der Waals surface area contributed by atoms with Crippen molar-refractivity contribution in [2.24, 2.45) is 5.92 Å². The number of hydrogen-bond donors (Lipinski definition) is 1. The molecule has 1 fully saturated rings. The molecular weight excluding hydrogens is 370 g/mol. The minimum atomic E-state index is -0.920. The van der Waals surface area contributed by atoms with Crippen LogP contribution in [-0.4, -0.2) is 43.4 Å². The van der Waals surface area contributed by atoms with Crippen molar-refractivity contribution in [3.63, 3.8) is 0 Å². The van der Waals surface area contributed by atoms with Crippen LogP contribution < -0.4 is 4.74 Å². The number of nitrogens with zero attached hydrogens (tertiary/aromatic N) is 1. The first-order chi connectivity index (χ1) is 13.4. The predicted octanol–water partition coefficient (Wildman–Crippen LogP) is 5.07. The van der Waals surface area contributed by atoms with E-state index in [1.807, 2.05) is 42.5 Å². The Hall–Kier alpha value is -1.81. The number of aliphatic hydroxyl groups is 1. The summed E-state index contributed by atoms with van der Waals surface area (Å²) in [6.45, 7) is 0.844. The molecule has 0 radical (unpaired) electrons. The van der Waals surface area contributed by atoms with Gasteiger partial charge in [-0.15, -0.1) is 0 Å². The first-order valence-electron chi connectivity index (χ1n) is 9.88. The second kappa shape index (κ2) is 9.13. The molecule has 0 aromatic heterocycles. The quantitative estimate of drug-likeness (QED) is 0.736. The highest BCUT2D eigenvalue weighted by atomic mass is 35.5. The van der Waals surface area contributed by atoms with E-state index in [1.54, 1.807) is 7.11 Å². The highest BCUT2D eigenvalue weighted by Gasteiger charge is 2.43. The van der Waals surface area contributed by atoms with Gasteiger partial charge in [0.2, 0.25) is 0 Å². The third-order valence-electron chi connectivity index (χ3n) is 5.67. The van der Waals surface area contributed by atoms with E-state index in [0.29, 0.717) is 11.4 Å². The largest absolute Gasteiger partial charge is 0.497 e. The molecule has 4 heteroatoms. The molecule has 2 aromatic carbocycles. The Morgan fingerprint density at radius 2 is 2.00 bits per heavy atom. The van der Waals surface area contributed by atoms with Crippen molar-refractivity contribution in [1.82, 2.24) is 4.90 Å². The minimum absolute atomic E-state index is 0.157. The van der Waals surface area contributed by atoms with Gasteiger partial charge in [-0.3, -0.25) is 0 Å². The summed E-state index contributed by atoms with van der Waals surface area (Å²) in [5, 5.41) is 12.7. The maximum atomic E-state index is 12.0. The summed E-state index contributed by atoms with van der Waals surface area (Å²) in [5.74, 6) is 0.981. The Bertz CT molecular complexity index is 833. The second-order valence-corrected chi connectivity index (χ2v) is 8.40. The Labute approximate surface area is 173 Å². The van der Waals surface area contributed by atoms with Crippen molar-refractivity contribution < 1.29 is 9.84 Å². The van der Waals surface area contributed by atoms with Crippen LogP contribution in [0.1, 0.15) is 30.4 Å². The Morgan fingerprint density at radius 1 is 1.21 bits per heavy atom. The highest BCUT2D eigenvalue weighted by Crippen LogP contribution is 2.42. The molecule has 1 aliphatic rings. The van der Waals surface area contributed by atoms with Crippen molar-refractivity contribution >= 4 is 17.7 Å². The van der Waals surface area contributed by atoms with Crippen LogP contribution in [0.4, 0.5) is 0 Å².